The number of halogens is 1. The Bertz CT molecular complexity index is 1140. The van der Waals surface area contributed by atoms with Crippen LogP contribution < -0.4 is 20.3 Å². The molecular formula is C24H27FN2O5S. The van der Waals surface area contributed by atoms with E-state index in [1.165, 1.54) is 32.4 Å². The average Bonchev–Trinajstić information content (AvgIpc) is 2.82. The van der Waals surface area contributed by atoms with Gasteiger partial charge in [-0.25, -0.2) is 17.9 Å². The van der Waals surface area contributed by atoms with Crippen LogP contribution in [0.2, 0.25) is 0 Å². The molecule has 2 unspecified atom stereocenters. The van der Waals surface area contributed by atoms with Gasteiger partial charge in [0.05, 0.1) is 20.3 Å². The molecule has 9 heteroatoms. The largest absolute Gasteiger partial charge is 0.497 e. The van der Waals surface area contributed by atoms with E-state index in [1.807, 2.05) is 0 Å². The number of nitrogens with two attached hydrogens (primary N) is 2. The lowest BCUT2D eigenvalue weighted by atomic mass is 9.73. The summed E-state index contributed by atoms with van der Waals surface area (Å²) in [5.74, 6) is -0.872. The summed E-state index contributed by atoms with van der Waals surface area (Å²) in [6.45, 7) is -0.479. The maximum absolute atomic E-state index is 15.2. The number of aliphatic hydroxyl groups is 1. The van der Waals surface area contributed by atoms with Gasteiger partial charge in [0.2, 0.25) is 10.0 Å². The van der Waals surface area contributed by atoms with E-state index in [0.717, 1.165) is 6.07 Å². The summed E-state index contributed by atoms with van der Waals surface area (Å²) in [5.41, 5.74) is 6.45. The molecule has 0 saturated carbocycles. The van der Waals surface area contributed by atoms with E-state index in [4.69, 9.17) is 20.3 Å². The summed E-state index contributed by atoms with van der Waals surface area (Å²) < 4.78 is 50.1. The molecule has 3 rings (SSSR count). The summed E-state index contributed by atoms with van der Waals surface area (Å²) in [6, 6.07) is 18.5. The number of aliphatic hydroxyl groups excluding tert-OH is 1. The predicted octanol–water partition coefficient (Wildman–Crippen LogP) is 2.48. The van der Waals surface area contributed by atoms with Crippen LogP contribution in [0.4, 0.5) is 4.39 Å². The molecular weight excluding hydrogens is 447 g/mol. The zero-order valence-electron chi connectivity index (χ0n) is 18.3. The number of methoxy groups -OCH3 is 2. The highest BCUT2D eigenvalue weighted by Crippen LogP contribution is 2.50. The maximum atomic E-state index is 15.2. The highest BCUT2D eigenvalue weighted by atomic mass is 32.2. The fourth-order valence-electron chi connectivity index (χ4n) is 4.27. The molecule has 7 nitrogen and oxygen atoms in total. The number of ether oxygens (including phenoxy) is 2. The number of benzene rings is 3. The highest BCUT2D eigenvalue weighted by molar-refractivity contribution is 7.90. The van der Waals surface area contributed by atoms with Crippen molar-refractivity contribution in [3.63, 3.8) is 0 Å². The Balaban J connectivity index is 2.46. The van der Waals surface area contributed by atoms with E-state index in [9.17, 15) is 13.5 Å². The Kier molecular flexibility index (Phi) is 7.38. The SMILES string of the molecule is COc1ccc(C(c2ccc(OC)cc2)C(c2ccccc2F)(C(O)CN)S(N)(=O)=O)cc1. The fraction of sp³-hybridized carbons (Fsp3) is 0.250. The van der Waals surface area contributed by atoms with E-state index in [0.29, 0.717) is 22.6 Å². The van der Waals surface area contributed by atoms with Crippen LogP contribution in [0.25, 0.3) is 0 Å². The molecule has 0 aliphatic rings. The number of hydrogen-bond donors (Lipinski definition) is 3. The van der Waals surface area contributed by atoms with Gasteiger partial charge in [-0.15, -0.1) is 0 Å². The molecule has 33 heavy (non-hydrogen) atoms. The van der Waals surface area contributed by atoms with Crippen molar-refractivity contribution in [1.82, 2.24) is 0 Å². The van der Waals surface area contributed by atoms with Crippen molar-refractivity contribution in [3.8, 4) is 11.5 Å². The molecule has 3 aromatic rings. The topological polar surface area (TPSA) is 125 Å². The average molecular weight is 475 g/mol. The fourth-order valence-corrected chi connectivity index (χ4v) is 5.82. The van der Waals surface area contributed by atoms with E-state index in [2.05, 4.69) is 0 Å². The van der Waals surface area contributed by atoms with Gasteiger partial charge in [0.1, 0.15) is 17.3 Å². The standard InChI is InChI=1S/C24H27FN2O5S/c1-31-18-11-7-16(8-12-18)23(17-9-13-19(32-2)14-10-17)24(22(28)15-26,33(27,29)30)20-5-3-4-6-21(20)25/h3-14,22-23,28H,15,26H2,1-2H3,(H2,27,29,30). The molecule has 0 bridgehead atoms. The molecule has 176 valence electrons. The van der Waals surface area contributed by atoms with E-state index in [1.54, 1.807) is 48.5 Å². The molecule has 0 aliphatic heterocycles. The lowest BCUT2D eigenvalue weighted by molar-refractivity contribution is 0.118. The van der Waals surface area contributed by atoms with Gasteiger partial charge >= 0.3 is 0 Å². The molecule has 0 radical (unpaired) electrons. The predicted molar refractivity (Wildman–Crippen MR) is 124 cm³/mol. The first-order valence-electron chi connectivity index (χ1n) is 10.1. The molecule has 0 aliphatic carbocycles. The monoisotopic (exact) mass is 474 g/mol. The molecule has 0 aromatic heterocycles. The van der Waals surface area contributed by atoms with Gasteiger partial charge < -0.3 is 20.3 Å². The summed E-state index contributed by atoms with van der Waals surface area (Å²) in [7, 11) is -1.67. The van der Waals surface area contributed by atoms with Crippen LogP contribution in [-0.4, -0.2) is 40.4 Å². The smallest absolute Gasteiger partial charge is 0.222 e. The summed E-state index contributed by atoms with van der Waals surface area (Å²) >= 11 is 0. The number of sulfonamides is 1. The third kappa shape index (κ3) is 4.45. The second-order valence-electron chi connectivity index (χ2n) is 7.55. The Morgan fingerprint density at radius 1 is 0.909 bits per heavy atom. The van der Waals surface area contributed by atoms with Gasteiger partial charge in [-0.3, -0.25) is 0 Å². The summed E-state index contributed by atoms with van der Waals surface area (Å²) in [6.07, 6.45) is -1.74. The Morgan fingerprint density at radius 2 is 1.36 bits per heavy atom. The molecule has 2 atom stereocenters. The van der Waals surface area contributed by atoms with Crippen LogP contribution >= 0.6 is 0 Å². The van der Waals surface area contributed by atoms with Crippen molar-refractivity contribution in [2.24, 2.45) is 10.9 Å². The Labute approximate surface area is 192 Å². The first kappa shape index (κ1) is 24.7. The number of primary sulfonamides is 1. The molecule has 5 N–H and O–H groups in total. The lowest BCUT2D eigenvalue weighted by Gasteiger charge is -2.43. The van der Waals surface area contributed by atoms with Gasteiger partial charge in [-0.2, -0.15) is 0 Å². The maximum Gasteiger partial charge on any atom is 0.222 e. The van der Waals surface area contributed by atoms with E-state index < -0.39 is 39.2 Å². The zero-order valence-corrected chi connectivity index (χ0v) is 19.1. The molecule has 0 amide bonds. The van der Waals surface area contributed by atoms with Crippen molar-refractivity contribution < 1.29 is 27.4 Å². The van der Waals surface area contributed by atoms with Gasteiger partial charge in [-0.05, 0) is 41.5 Å². The Hall–Kier alpha value is -2.98. The minimum atomic E-state index is -4.67. The van der Waals surface area contributed by atoms with E-state index >= 15 is 4.39 Å². The first-order valence-corrected chi connectivity index (χ1v) is 11.7. The second kappa shape index (κ2) is 9.88. The van der Waals surface area contributed by atoms with Crippen molar-refractivity contribution in [1.29, 1.82) is 0 Å². The minimum Gasteiger partial charge on any atom is -0.497 e. The van der Waals surface area contributed by atoms with Crippen LogP contribution in [-0.2, 0) is 14.8 Å². The van der Waals surface area contributed by atoms with E-state index in [-0.39, 0.29) is 5.56 Å². The van der Waals surface area contributed by atoms with Crippen molar-refractivity contribution >= 4 is 10.0 Å². The molecule has 0 heterocycles. The Morgan fingerprint density at radius 3 is 1.73 bits per heavy atom. The highest BCUT2D eigenvalue weighted by Gasteiger charge is 2.57. The van der Waals surface area contributed by atoms with Crippen molar-refractivity contribution in [3.05, 3.63) is 95.3 Å². The van der Waals surface area contributed by atoms with Crippen LogP contribution in [0.3, 0.4) is 0 Å². The number of rotatable bonds is 9. The van der Waals surface area contributed by atoms with Gasteiger partial charge in [0, 0.05) is 18.0 Å². The molecule has 0 saturated heterocycles. The summed E-state index contributed by atoms with van der Waals surface area (Å²) in [5, 5.41) is 17.0. The quantitative estimate of drug-likeness (QED) is 0.438. The number of hydrogen-bond acceptors (Lipinski definition) is 6. The van der Waals surface area contributed by atoms with Crippen LogP contribution in [0, 0.1) is 5.82 Å². The van der Waals surface area contributed by atoms with Crippen LogP contribution in [0.15, 0.2) is 72.8 Å². The van der Waals surface area contributed by atoms with Gasteiger partial charge in [-0.1, -0.05) is 42.5 Å². The molecule has 0 spiro atoms. The van der Waals surface area contributed by atoms with Gasteiger partial charge in [0.25, 0.3) is 0 Å². The van der Waals surface area contributed by atoms with Crippen LogP contribution in [0.5, 0.6) is 11.5 Å². The third-order valence-corrected chi connectivity index (χ3v) is 7.48. The minimum absolute atomic E-state index is 0.276. The first-order chi connectivity index (χ1) is 15.7. The molecule has 0 fully saturated rings. The normalized spacial score (nSPS) is 14.5. The van der Waals surface area contributed by atoms with Gasteiger partial charge in [0.15, 0.2) is 4.75 Å². The van der Waals surface area contributed by atoms with Crippen molar-refractivity contribution in [2.75, 3.05) is 20.8 Å². The lowest BCUT2D eigenvalue weighted by Crippen LogP contribution is -2.57. The van der Waals surface area contributed by atoms with Crippen LogP contribution in [0.1, 0.15) is 22.6 Å². The van der Waals surface area contributed by atoms with Crippen molar-refractivity contribution in [2.45, 2.75) is 16.8 Å². The second-order valence-corrected chi connectivity index (χ2v) is 9.31. The molecule has 3 aromatic carbocycles. The summed E-state index contributed by atoms with van der Waals surface area (Å²) in [4.78, 5) is 0. The third-order valence-electron chi connectivity index (χ3n) is 5.81. The zero-order chi connectivity index (χ0) is 24.2.